The van der Waals surface area contributed by atoms with Gasteiger partial charge in [-0.1, -0.05) is 11.3 Å². The van der Waals surface area contributed by atoms with Crippen LogP contribution in [0.5, 0.6) is 0 Å². The van der Waals surface area contributed by atoms with Crippen molar-refractivity contribution in [3.8, 4) is 10.6 Å². The summed E-state index contributed by atoms with van der Waals surface area (Å²) in [7, 11) is 1.67. The summed E-state index contributed by atoms with van der Waals surface area (Å²) in [5, 5.41) is 13.7. The number of anilines is 1. The van der Waals surface area contributed by atoms with Gasteiger partial charge in [-0.2, -0.15) is 9.61 Å². The molecular weight excluding hydrogens is 262 g/mol. The van der Waals surface area contributed by atoms with Crippen LogP contribution in [0.15, 0.2) is 24.3 Å². The molecule has 0 saturated carbocycles. The lowest BCUT2D eigenvalue weighted by Crippen LogP contribution is -2.01. The Labute approximate surface area is 113 Å². The highest BCUT2D eigenvalue weighted by Gasteiger charge is 2.12. The zero-order chi connectivity index (χ0) is 13.2. The summed E-state index contributed by atoms with van der Waals surface area (Å²) < 4.78 is 6.82. The molecular formula is C12H13N5OS. The molecule has 2 heterocycles. The third kappa shape index (κ3) is 2.29. The predicted octanol–water partition coefficient (Wildman–Crippen LogP) is 1.62. The molecule has 6 nitrogen and oxygen atoms in total. The van der Waals surface area contributed by atoms with Crippen LogP contribution in [0.2, 0.25) is 0 Å². The van der Waals surface area contributed by atoms with Crippen molar-refractivity contribution in [1.29, 1.82) is 0 Å². The fraction of sp³-hybridized carbons (Fsp3) is 0.250. The van der Waals surface area contributed by atoms with Crippen LogP contribution in [-0.2, 0) is 11.2 Å². The maximum absolute atomic E-state index is 5.68. The number of methoxy groups -OCH3 is 1. The zero-order valence-corrected chi connectivity index (χ0v) is 11.2. The van der Waals surface area contributed by atoms with Gasteiger partial charge in [0.2, 0.25) is 4.96 Å². The van der Waals surface area contributed by atoms with Crippen LogP contribution < -0.4 is 5.73 Å². The highest BCUT2D eigenvalue weighted by molar-refractivity contribution is 7.19. The van der Waals surface area contributed by atoms with Gasteiger partial charge < -0.3 is 10.5 Å². The summed E-state index contributed by atoms with van der Waals surface area (Å²) in [5.41, 5.74) is 7.45. The Hall–Kier alpha value is -1.99. The van der Waals surface area contributed by atoms with E-state index in [0.29, 0.717) is 13.0 Å². The molecule has 0 fully saturated rings. The minimum atomic E-state index is 0.607. The monoisotopic (exact) mass is 275 g/mol. The molecule has 0 spiro atoms. The summed E-state index contributed by atoms with van der Waals surface area (Å²) >= 11 is 1.51. The molecule has 2 aromatic heterocycles. The first-order valence-electron chi connectivity index (χ1n) is 5.84. The Kier molecular flexibility index (Phi) is 3.14. The van der Waals surface area contributed by atoms with E-state index in [1.54, 1.807) is 11.6 Å². The number of ether oxygens (including phenoxy) is 1. The molecule has 0 radical (unpaired) electrons. The van der Waals surface area contributed by atoms with Crippen molar-refractivity contribution >= 4 is 22.0 Å². The number of nitrogen functional groups attached to an aromatic ring is 1. The van der Waals surface area contributed by atoms with Crippen LogP contribution >= 0.6 is 11.3 Å². The van der Waals surface area contributed by atoms with Gasteiger partial charge in [0.1, 0.15) is 5.01 Å². The van der Waals surface area contributed by atoms with E-state index in [1.165, 1.54) is 11.3 Å². The molecule has 2 N–H and O–H groups in total. The number of hydrogen-bond donors (Lipinski definition) is 1. The quantitative estimate of drug-likeness (QED) is 0.732. The number of rotatable bonds is 4. The van der Waals surface area contributed by atoms with Gasteiger partial charge in [-0.05, 0) is 24.3 Å². The molecule has 0 aliphatic heterocycles. The van der Waals surface area contributed by atoms with Gasteiger partial charge in [-0.25, -0.2) is 0 Å². The van der Waals surface area contributed by atoms with E-state index < -0.39 is 0 Å². The highest BCUT2D eigenvalue weighted by Crippen LogP contribution is 2.26. The summed E-state index contributed by atoms with van der Waals surface area (Å²) in [5.74, 6) is 0.815. The Morgan fingerprint density at radius 1 is 1.26 bits per heavy atom. The lowest BCUT2D eigenvalue weighted by atomic mass is 10.2. The van der Waals surface area contributed by atoms with Gasteiger partial charge in [0.25, 0.3) is 0 Å². The number of fused-ring (bicyclic) bond motifs is 1. The molecule has 0 bridgehead atoms. The van der Waals surface area contributed by atoms with E-state index in [1.807, 2.05) is 24.3 Å². The second kappa shape index (κ2) is 4.94. The predicted molar refractivity (Wildman–Crippen MR) is 74.1 cm³/mol. The molecule has 0 aliphatic rings. The number of nitrogens with two attached hydrogens (primary N) is 1. The molecule has 0 saturated heterocycles. The zero-order valence-electron chi connectivity index (χ0n) is 10.4. The van der Waals surface area contributed by atoms with E-state index in [-0.39, 0.29) is 0 Å². The molecule has 0 amide bonds. The molecule has 0 aliphatic carbocycles. The first-order chi connectivity index (χ1) is 9.28. The lowest BCUT2D eigenvalue weighted by Gasteiger charge is -1.97. The molecule has 0 atom stereocenters. The van der Waals surface area contributed by atoms with Crippen molar-refractivity contribution in [1.82, 2.24) is 19.8 Å². The molecule has 1 aromatic carbocycles. The van der Waals surface area contributed by atoms with Crippen LogP contribution in [0, 0.1) is 0 Å². The SMILES string of the molecule is COCCc1nnc2sc(-c3ccc(N)cc3)nn12. The fourth-order valence-corrected chi connectivity index (χ4v) is 2.61. The topological polar surface area (TPSA) is 78.3 Å². The lowest BCUT2D eigenvalue weighted by molar-refractivity contribution is 0.200. The summed E-state index contributed by atoms with van der Waals surface area (Å²) in [6, 6.07) is 7.64. The Bertz CT molecular complexity index is 688. The van der Waals surface area contributed by atoms with E-state index >= 15 is 0 Å². The highest BCUT2D eigenvalue weighted by atomic mass is 32.1. The molecule has 3 rings (SSSR count). The Morgan fingerprint density at radius 2 is 2.05 bits per heavy atom. The Balaban J connectivity index is 1.97. The van der Waals surface area contributed by atoms with Crippen molar-refractivity contribution in [2.75, 3.05) is 19.5 Å². The third-order valence-electron chi connectivity index (χ3n) is 2.74. The first-order valence-corrected chi connectivity index (χ1v) is 6.65. The van der Waals surface area contributed by atoms with Crippen molar-refractivity contribution in [3.05, 3.63) is 30.1 Å². The van der Waals surface area contributed by atoms with Crippen molar-refractivity contribution in [2.45, 2.75) is 6.42 Å². The first kappa shape index (κ1) is 12.1. The van der Waals surface area contributed by atoms with Crippen LogP contribution in [0.4, 0.5) is 5.69 Å². The molecule has 7 heteroatoms. The number of aromatic nitrogens is 4. The smallest absolute Gasteiger partial charge is 0.234 e. The second-order valence-electron chi connectivity index (χ2n) is 4.08. The number of nitrogens with zero attached hydrogens (tertiary/aromatic N) is 4. The average Bonchev–Trinajstić information content (AvgIpc) is 2.98. The summed E-state index contributed by atoms with van der Waals surface area (Å²) in [4.78, 5) is 0.790. The van der Waals surface area contributed by atoms with Gasteiger partial charge in [-0.3, -0.25) is 0 Å². The maximum atomic E-state index is 5.68. The largest absolute Gasteiger partial charge is 0.399 e. The minimum Gasteiger partial charge on any atom is -0.399 e. The maximum Gasteiger partial charge on any atom is 0.234 e. The van der Waals surface area contributed by atoms with Gasteiger partial charge in [-0.15, -0.1) is 10.2 Å². The number of hydrogen-bond acceptors (Lipinski definition) is 6. The Morgan fingerprint density at radius 3 is 2.79 bits per heavy atom. The number of benzene rings is 1. The summed E-state index contributed by atoms with van der Waals surface area (Å²) in [6.07, 6.45) is 0.697. The van der Waals surface area contributed by atoms with Gasteiger partial charge in [0.05, 0.1) is 6.61 Å². The van der Waals surface area contributed by atoms with Crippen molar-refractivity contribution in [3.63, 3.8) is 0 Å². The summed E-state index contributed by atoms with van der Waals surface area (Å²) in [6.45, 7) is 0.607. The van der Waals surface area contributed by atoms with E-state index in [4.69, 9.17) is 10.5 Å². The van der Waals surface area contributed by atoms with Crippen LogP contribution in [-0.4, -0.2) is 33.5 Å². The van der Waals surface area contributed by atoms with Crippen LogP contribution in [0.25, 0.3) is 15.5 Å². The van der Waals surface area contributed by atoms with Gasteiger partial charge in [0.15, 0.2) is 5.82 Å². The van der Waals surface area contributed by atoms with Gasteiger partial charge in [0, 0.05) is 24.8 Å². The fourth-order valence-electron chi connectivity index (χ4n) is 1.75. The van der Waals surface area contributed by atoms with Crippen molar-refractivity contribution in [2.24, 2.45) is 0 Å². The van der Waals surface area contributed by atoms with Crippen LogP contribution in [0.1, 0.15) is 5.82 Å². The normalized spacial score (nSPS) is 11.2. The van der Waals surface area contributed by atoms with Gasteiger partial charge >= 0.3 is 0 Å². The van der Waals surface area contributed by atoms with Crippen LogP contribution in [0.3, 0.4) is 0 Å². The second-order valence-corrected chi connectivity index (χ2v) is 5.04. The third-order valence-corrected chi connectivity index (χ3v) is 3.69. The van der Waals surface area contributed by atoms with E-state index in [0.717, 1.165) is 27.0 Å². The van der Waals surface area contributed by atoms with E-state index in [2.05, 4.69) is 15.3 Å². The average molecular weight is 275 g/mol. The van der Waals surface area contributed by atoms with Crippen molar-refractivity contribution < 1.29 is 4.74 Å². The van der Waals surface area contributed by atoms with E-state index in [9.17, 15) is 0 Å². The standard InChI is InChI=1S/C12H13N5OS/c1-18-7-6-10-14-15-12-17(10)16-11(19-12)8-2-4-9(13)5-3-8/h2-5H,6-7,13H2,1H3. The minimum absolute atomic E-state index is 0.607. The molecule has 0 unspecified atom stereocenters. The molecule has 19 heavy (non-hydrogen) atoms. The molecule has 3 aromatic rings. The molecule has 98 valence electrons.